The molecule has 2 rings (SSSR count). The number of rotatable bonds is 7. The molecule has 0 aromatic heterocycles. The van der Waals surface area contributed by atoms with Crippen molar-refractivity contribution in [1.82, 2.24) is 10.2 Å². The van der Waals surface area contributed by atoms with Crippen LogP contribution in [0.1, 0.15) is 31.4 Å². The third-order valence-electron chi connectivity index (χ3n) is 4.45. The van der Waals surface area contributed by atoms with Crippen LogP contribution in [-0.4, -0.2) is 49.2 Å². The van der Waals surface area contributed by atoms with E-state index < -0.39 is 6.36 Å². The van der Waals surface area contributed by atoms with Crippen molar-refractivity contribution in [1.29, 1.82) is 0 Å². The van der Waals surface area contributed by atoms with E-state index in [1.807, 2.05) is 6.92 Å². The van der Waals surface area contributed by atoms with Crippen LogP contribution in [0.3, 0.4) is 0 Å². The van der Waals surface area contributed by atoms with Crippen LogP contribution in [0.15, 0.2) is 24.3 Å². The number of piperidine rings is 1. The second kappa shape index (κ2) is 8.69. The quantitative estimate of drug-likeness (QED) is 0.797. The van der Waals surface area contributed by atoms with E-state index in [4.69, 9.17) is 5.11 Å². The molecule has 0 amide bonds. The number of β-amino-alcohol motifs (C(OH)–C–C–N with tert-alkyl or cyclic N) is 1. The third-order valence-corrected chi connectivity index (χ3v) is 4.45. The van der Waals surface area contributed by atoms with Gasteiger partial charge in [0.2, 0.25) is 0 Å². The van der Waals surface area contributed by atoms with Gasteiger partial charge in [0.1, 0.15) is 5.75 Å². The van der Waals surface area contributed by atoms with Crippen molar-refractivity contribution in [3.8, 4) is 5.75 Å². The Bertz CT molecular complexity index is 486. The summed E-state index contributed by atoms with van der Waals surface area (Å²) < 4.78 is 40.3. The van der Waals surface area contributed by atoms with Crippen molar-refractivity contribution in [2.75, 3.05) is 32.8 Å². The summed E-state index contributed by atoms with van der Waals surface area (Å²) in [5.41, 5.74) is 0.933. The molecule has 0 aliphatic carbocycles. The number of halogens is 3. The molecule has 0 bridgehead atoms. The van der Waals surface area contributed by atoms with Crippen molar-refractivity contribution in [2.24, 2.45) is 5.92 Å². The first-order chi connectivity index (χ1) is 11.4. The Morgan fingerprint density at radius 3 is 2.42 bits per heavy atom. The van der Waals surface area contributed by atoms with Gasteiger partial charge in [0, 0.05) is 12.6 Å². The van der Waals surface area contributed by atoms with Crippen LogP contribution >= 0.6 is 0 Å². The van der Waals surface area contributed by atoms with Crippen LogP contribution in [0.4, 0.5) is 13.2 Å². The van der Waals surface area contributed by atoms with Gasteiger partial charge in [0.15, 0.2) is 0 Å². The maximum absolute atomic E-state index is 12.2. The highest BCUT2D eigenvalue weighted by molar-refractivity contribution is 5.29. The summed E-state index contributed by atoms with van der Waals surface area (Å²) in [7, 11) is 0. The fraction of sp³-hybridized carbons (Fsp3) is 0.647. The summed E-state index contributed by atoms with van der Waals surface area (Å²) in [5, 5.41) is 12.4. The minimum Gasteiger partial charge on any atom is -0.406 e. The maximum atomic E-state index is 12.2. The van der Waals surface area contributed by atoms with E-state index in [1.54, 1.807) is 12.1 Å². The molecule has 4 nitrogen and oxygen atoms in total. The number of hydrogen-bond acceptors (Lipinski definition) is 4. The molecule has 2 N–H and O–H groups in total. The van der Waals surface area contributed by atoms with Crippen molar-refractivity contribution in [3.05, 3.63) is 29.8 Å². The van der Waals surface area contributed by atoms with E-state index in [0.29, 0.717) is 5.92 Å². The molecule has 1 aromatic carbocycles. The van der Waals surface area contributed by atoms with E-state index >= 15 is 0 Å². The molecule has 0 saturated carbocycles. The average molecular weight is 346 g/mol. The largest absolute Gasteiger partial charge is 0.573 e. The summed E-state index contributed by atoms with van der Waals surface area (Å²) in [6, 6.07) is 6.06. The number of benzene rings is 1. The lowest BCUT2D eigenvalue weighted by Gasteiger charge is -2.32. The van der Waals surface area contributed by atoms with E-state index in [0.717, 1.165) is 44.6 Å². The molecule has 1 aromatic rings. The third kappa shape index (κ3) is 6.30. The van der Waals surface area contributed by atoms with Crippen LogP contribution in [0.5, 0.6) is 5.75 Å². The monoisotopic (exact) mass is 346 g/mol. The van der Waals surface area contributed by atoms with Gasteiger partial charge in [-0.25, -0.2) is 0 Å². The normalized spacial score (nSPS) is 18.5. The number of alkyl halides is 3. The second-order valence-corrected chi connectivity index (χ2v) is 6.26. The zero-order valence-corrected chi connectivity index (χ0v) is 13.9. The molecule has 1 aliphatic rings. The summed E-state index contributed by atoms with van der Waals surface area (Å²) in [6.07, 6.45) is -2.47. The zero-order chi connectivity index (χ0) is 17.6. The molecule has 7 heteroatoms. The van der Waals surface area contributed by atoms with Crippen molar-refractivity contribution in [2.45, 2.75) is 32.2 Å². The molecule has 1 heterocycles. The van der Waals surface area contributed by atoms with E-state index in [1.165, 1.54) is 12.1 Å². The SMILES string of the molecule is C[C@@H](NCC1CCN(CCO)CC1)c1ccc(OC(F)(F)F)cc1. The summed E-state index contributed by atoms with van der Waals surface area (Å²) in [5.74, 6) is 0.393. The first-order valence-corrected chi connectivity index (χ1v) is 8.29. The second-order valence-electron chi connectivity index (χ2n) is 6.26. The van der Waals surface area contributed by atoms with E-state index in [2.05, 4.69) is 15.0 Å². The standard InChI is InChI=1S/C17H25F3N2O2/c1-13(15-2-4-16(5-3-15)24-17(18,19)20)21-12-14-6-8-22(9-7-14)10-11-23/h2-5,13-14,21,23H,6-12H2,1H3/t13-/m1/s1. The Morgan fingerprint density at radius 1 is 1.25 bits per heavy atom. The van der Waals surface area contributed by atoms with Crippen LogP contribution in [-0.2, 0) is 0 Å². The molecule has 0 radical (unpaired) electrons. The lowest BCUT2D eigenvalue weighted by atomic mass is 9.96. The Labute approximate surface area is 140 Å². The van der Waals surface area contributed by atoms with Gasteiger partial charge in [-0.3, -0.25) is 0 Å². The van der Waals surface area contributed by atoms with Crippen molar-refractivity contribution in [3.63, 3.8) is 0 Å². The number of hydrogen-bond donors (Lipinski definition) is 2. The minimum absolute atomic E-state index is 0.0698. The first kappa shape index (κ1) is 19.0. The topological polar surface area (TPSA) is 44.7 Å². The Hall–Kier alpha value is -1.31. The van der Waals surface area contributed by atoms with Gasteiger partial charge in [-0.2, -0.15) is 0 Å². The molecular weight excluding hydrogens is 321 g/mol. The minimum atomic E-state index is -4.66. The van der Waals surface area contributed by atoms with Gasteiger partial charge < -0.3 is 20.1 Å². The number of aliphatic hydroxyl groups excluding tert-OH is 1. The van der Waals surface area contributed by atoms with Gasteiger partial charge in [0.05, 0.1) is 6.61 Å². The Kier molecular flexibility index (Phi) is 6.89. The predicted octanol–water partition coefficient (Wildman–Crippen LogP) is 2.94. The number of ether oxygens (including phenoxy) is 1. The van der Waals surface area contributed by atoms with Gasteiger partial charge in [-0.1, -0.05) is 12.1 Å². The summed E-state index contributed by atoms with van der Waals surface area (Å²) >= 11 is 0. The number of nitrogens with one attached hydrogen (secondary N) is 1. The highest BCUT2D eigenvalue weighted by atomic mass is 19.4. The zero-order valence-electron chi connectivity index (χ0n) is 13.9. The lowest BCUT2D eigenvalue weighted by Crippen LogP contribution is -2.39. The van der Waals surface area contributed by atoms with Crippen molar-refractivity contribution >= 4 is 0 Å². The molecular formula is C17H25F3N2O2. The maximum Gasteiger partial charge on any atom is 0.573 e. The molecule has 1 aliphatic heterocycles. The number of aliphatic hydroxyl groups is 1. The van der Waals surface area contributed by atoms with Crippen LogP contribution in [0.2, 0.25) is 0 Å². The summed E-state index contributed by atoms with van der Waals surface area (Å²) in [6.45, 7) is 5.84. The average Bonchev–Trinajstić information content (AvgIpc) is 2.53. The number of likely N-dealkylation sites (tertiary alicyclic amines) is 1. The van der Waals surface area contributed by atoms with Gasteiger partial charge >= 0.3 is 6.36 Å². The van der Waals surface area contributed by atoms with Crippen molar-refractivity contribution < 1.29 is 23.0 Å². The van der Waals surface area contributed by atoms with E-state index in [9.17, 15) is 13.2 Å². The Balaban J connectivity index is 1.75. The highest BCUT2D eigenvalue weighted by Gasteiger charge is 2.31. The lowest BCUT2D eigenvalue weighted by molar-refractivity contribution is -0.274. The molecule has 1 saturated heterocycles. The fourth-order valence-electron chi connectivity index (χ4n) is 2.98. The summed E-state index contributed by atoms with van der Waals surface area (Å²) in [4.78, 5) is 2.26. The predicted molar refractivity (Wildman–Crippen MR) is 85.8 cm³/mol. The number of nitrogens with zero attached hydrogens (tertiary/aromatic N) is 1. The van der Waals surface area contributed by atoms with Gasteiger partial charge in [-0.15, -0.1) is 13.2 Å². The first-order valence-electron chi connectivity index (χ1n) is 8.29. The molecule has 1 atom stereocenters. The molecule has 24 heavy (non-hydrogen) atoms. The van der Waals surface area contributed by atoms with Gasteiger partial charge in [-0.05, 0) is 63.0 Å². The van der Waals surface area contributed by atoms with Crippen LogP contribution in [0, 0.1) is 5.92 Å². The molecule has 136 valence electrons. The van der Waals surface area contributed by atoms with Crippen LogP contribution < -0.4 is 10.1 Å². The molecule has 0 unspecified atom stereocenters. The highest BCUT2D eigenvalue weighted by Crippen LogP contribution is 2.24. The van der Waals surface area contributed by atoms with Crippen LogP contribution in [0.25, 0.3) is 0 Å². The smallest absolute Gasteiger partial charge is 0.406 e. The molecule has 1 fully saturated rings. The van der Waals surface area contributed by atoms with E-state index in [-0.39, 0.29) is 18.4 Å². The van der Waals surface area contributed by atoms with Gasteiger partial charge in [0.25, 0.3) is 0 Å². The fourth-order valence-corrected chi connectivity index (χ4v) is 2.98. The Morgan fingerprint density at radius 2 is 1.88 bits per heavy atom. The molecule has 0 spiro atoms.